The van der Waals surface area contributed by atoms with Crippen molar-refractivity contribution in [2.45, 2.75) is 24.1 Å². The van der Waals surface area contributed by atoms with E-state index in [1.807, 2.05) is 13.8 Å². The minimum atomic E-state index is -2.65. The van der Waals surface area contributed by atoms with Gasteiger partial charge in [-0.1, -0.05) is 60.0 Å². The van der Waals surface area contributed by atoms with E-state index in [0.717, 1.165) is 12.2 Å². The molecule has 14 heavy (non-hydrogen) atoms. The number of rotatable bonds is 6. The van der Waals surface area contributed by atoms with Gasteiger partial charge in [0.2, 0.25) is 3.79 Å². The smallest absolute Gasteiger partial charge is 0.257 e. The highest BCUT2D eigenvalue weighted by Gasteiger charge is 2.27. The Labute approximate surface area is 104 Å². The Kier molecular flexibility index (Phi) is 7.57. The van der Waals surface area contributed by atoms with Crippen LogP contribution in [0.15, 0.2) is 0 Å². The van der Waals surface area contributed by atoms with Crippen molar-refractivity contribution in [3.05, 3.63) is 0 Å². The Balaban J connectivity index is 4.06. The molecule has 0 aromatic rings. The zero-order valence-electron chi connectivity index (χ0n) is 8.13. The number of halogens is 3. The van der Waals surface area contributed by atoms with E-state index in [-0.39, 0.29) is 6.61 Å². The van der Waals surface area contributed by atoms with Gasteiger partial charge in [-0.2, -0.15) is 0 Å². The van der Waals surface area contributed by atoms with Crippen LogP contribution in [-0.4, -0.2) is 22.3 Å². The topological polar surface area (TPSA) is 26.3 Å². The largest absolute Gasteiger partial charge is 0.317 e. The van der Waals surface area contributed by atoms with Crippen molar-refractivity contribution in [2.75, 3.05) is 18.5 Å². The highest BCUT2D eigenvalue weighted by atomic mass is 35.6. The van der Waals surface area contributed by atoms with Crippen LogP contribution in [0.5, 0.6) is 0 Å². The average Bonchev–Trinajstić information content (AvgIpc) is 2.10. The third-order valence-electron chi connectivity index (χ3n) is 1.30. The predicted octanol–water partition coefficient (Wildman–Crippen LogP) is 4.73. The lowest BCUT2D eigenvalue weighted by Crippen LogP contribution is -2.11. The summed E-state index contributed by atoms with van der Waals surface area (Å²) in [6.45, 7) is 1.05. The summed E-state index contributed by atoms with van der Waals surface area (Å²) in [4.78, 5) is 0. The van der Waals surface area contributed by atoms with Crippen LogP contribution in [-0.2, 0) is 9.09 Å². The summed E-state index contributed by atoms with van der Waals surface area (Å²) in [5.41, 5.74) is 0. The van der Waals surface area contributed by atoms with Gasteiger partial charge in [0, 0.05) is 11.9 Å². The second-order valence-electron chi connectivity index (χ2n) is 2.65. The molecule has 2 nitrogen and oxygen atoms in total. The summed E-state index contributed by atoms with van der Waals surface area (Å²) in [7, 11) is 0. The summed E-state index contributed by atoms with van der Waals surface area (Å²) in [5, 5.41) is 0. The second-order valence-corrected chi connectivity index (χ2v) is 10.4. The fourth-order valence-electron chi connectivity index (χ4n) is 0.622. The van der Waals surface area contributed by atoms with Gasteiger partial charge in [0.1, 0.15) is 6.61 Å². The minimum Gasteiger partial charge on any atom is -0.317 e. The Bertz CT molecular complexity index is 208. The summed E-state index contributed by atoms with van der Waals surface area (Å²) in [5.74, 6) is 0.797. The maximum absolute atomic E-state index is 12.0. The molecule has 0 spiro atoms. The lowest BCUT2D eigenvalue weighted by atomic mass is 10.6. The summed E-state index contributed by atoms with van der Waals surface area (Å²) < 4.78 is 15.6. The van der Waals surface area contributed by atoms with E-state index in [1.54, 1.807) is 0 Å². The molecule has 0 amide bonds. The quantitative estimate of drug-likeness (QED) is 0.524. The first-order valence-corrected chi connectivity index (χ1v) is 8.81. The van der Waals surface area contributed by atoms with Gasteiger partial charge in [0.15, 0.2) is 0 Å². The summed E-state index contributed by atoms with van der Waals surface area (Å²) in [6.07, 6.45) is 1.41. The molecule has 86 valence electrons. The molecule has 0 fully saturated rings. The molecule has 1 atom stereocenters. The molecule has 0 aliphatic heterocycles. The standard InChI is InChI=1S/C7H14Cl3O2PS/c1-3-5-14-13(11,4-2)12-6-7(8,9)10/h3-6H2,1-2H3. The van der Waals surface area contributed by atoms with Gasteiger partial charge in [-0.15, -0.1) is 0 Å². The Morgan fingerprint density at radius 3 is 2.29 bits per heavy atom. The molecule has 0 aliphatic carbocycles. The van der Waals surface area contributed by atoms with Crippen molar-refractivity contribution in [3.8, 4) is 0 Å². The van der Waals surface area contributed by atoms with Crippen LogP contribution < -0.4 is 0 Å². The third kappa shape index (κ3) is 7.67. The van der Waals surface area contributed by atoms with E-state index in [4.69, 9.17) is 39.3 Å². The van der Waals surface area contributed by atoms with Crippen LogP contribution in [0.1, 0.15) is 20.3 Å². The Hall–Kier alpha value is 1.41. The average molecular weight is 300 g/mol. The van der Waals surface area contributed by atoms with Crippen molar-refractivity contribution in [2.24, 2.45) is 0 Å². The molecule has 0 saturated heterocycles. The van der Waals surface area contributed by atoms with Gasteiger partial charge < -0.3 is 4.52 Å². The van der Waals surface area contributed by atoms with Crippen LogP contribution in [0, 0.1) is 0 Å². The first-order valence-electron chi connectivity index (χ1n) is 4.28. The van der Waals surface area contributed by atoms with Crippen LogP contribution >= 0.6 is 52.8 Å². The zero-order chi connectivity index (χ0) is 11.2. The number of alkyl halides is 3. The van der Waals surface area contributed by atoms with Crippen LogP contribution in [0.3, 0.4) is 0 Å². The van der Waals surface area contributed by atoms with Crippen molar-refractivity contribution in [3.63, 3.8) is 0 Å². The molecular formula is C7H14Cl3O2PS. The van der Waals surface area contributed by atoms with Crippen molar-refractivity contribution in [1.82, 2.24) is 0 Å². The van der Waals surface area contributed by atoms with Crippen molar-refractivity contribution < 1.29 is 9.09 Å². The zero-order valence-corrected chi connectivity index (χ0v) is 12.1. The van der Waals surface area contributed by atoms with E-state index < -0.39 is 10.4 Å². The van der Waals surface area contributed by atoms with Gasteiger partial charge in [-0.3, -0.25) is 4.57 Å². The van der Waals surface area contributed by atoms with Gasteiger partial charge in [-0.25, -0.2) is 0 Å². The van der Waals surface area contributed by atoms with Gasteiger partial charge in [0.05, 0.1) is 0 Å². The minimum absolute atomic E-state index is 0.125. The Morgan fingerprint density at radius 2 is 1.93 bits per heavy atom. The molecule has 0 heterocycles. The molecular weight excluding hydrogens is 285 g/mol. The third-order valence-corrected chi connectivity index (χ3v) is 6.73. The second kappa shape index (κ2) is 6.88. The molecule has 1 unspecified atom stereocenters. The molecule has 0 aromatic heterocycles. The van der Waals surface area contributed by atoms with E-state index in [0.29, 0.717) is 6.16 Å². The monoisotopic (exact) mass is 298 g/mol. The fourth-order valence-corrected chi connectivity index (χ4v) is 4.62. The van der Waals surface area contributed by atoms with Crippen LogP contribution in [0.4, 0.5) is 0 Å². The van der Waals surface area contributed by atoms with E-state index in [1.165, 1.54) is 11.4 Å². The van der Waals surface area contributed by atoms with Crippen LogP contribution in [0.2, 0.25) is 0 Å². The molecule has 0 aromatic carbocycles. The molecule has 7 heteroatoms. The van der Waals surface area contributed by atoms with Crippen LogP contribution in [0.25, 0.3) is 0 Å². The maximum Gasteiger partial charge on any atom is 0.257 e. The predicted molar refractivity (Wildman–Crippen MR) is 67.1 cm³/mol. The van der Waals surface area contributed by atoms with Crippen molar-refractivity contribution in [1.29, 1.82) is 0 Å². The highest BCUT2D eigenvalue weighted by Crippen LogP contribution is 2.60. The SMILES string of the molecule is CCCSP(=O)(CC)OCC(Cl)(Cl)Cl. The lowest BCUT2D eigenvalue weighted by molar-refractivity contribution is 0.333. The Morgan fingerprint density at radius 1 is 1.36 bits per heavy atom. The first-order chi connectivity index (χ1) is 6.33. The van der Waals surface area contributed by atoms with E-state index >= 15 is 0 Å². The normalized spacial score (nSPS) is 16.6. The maximum atomic E-state index is 12.0. The molecule has 0 radical (unpaired) electrons. The fraction of sp³-hybridized carbons (Fsp3) is 1.00. The molecule has 0 aliphatic rings. The lowest BCUT2D eigenvalue weighted by Gasteiger charge is -2.18. The summed E-state index contributed by atoms with van der Waals surface area (Å²) >= 11 is 17.8. The number of hydrogen-bond donors (Lipinski definition) is 0. The number of hydrogen-bond acceptors (Lipinski definition) is 3. The van der Waals surface area contributed by atoms with Gasteiger partial charge >= 0.3 is 0 Å². The highest BCUT2D eigenvalue weighted by molar-refractivity contribution is 8.56. The molecule has 0 N–H and O–H groups in total. The van der Waals surface area contributed by atoms with Gasteiger partial charge in [0.25, 0.3) is 6.57 Å². The summed E-state index contributed by atoms with van der Waals surface area (Å²) in [6, 6.07) is 0. The molecule has 0 rings (SSSR count). The molecule has 0 saturated carbocycles. The van der Waals surface area contributed by atoms with E-state index in [2.05, 4.69) is 0 Å². The van der Waals surface area contributed by atoms with Gasteiger partial charge in [-0.05, 0) is 6.42 Å². The first kappa shape index (κ1) is 15.4. The molecule has 0 bridgehead atoms. The van der Waals surface area contributed by atoms with Crippen molar-refractivity contribution >= 4 is 52.8 Å². The van der Waals surface area contributed by atoms with E-state index in [9.17, 15) is 4.57 Å².